The van der Waals surface area contributed by atoms with Gasteiger partial charge < -0.3 is 10.3 Å². The normalized spacial score (nSPS) is 10.6. The third-order valence-electron chi connectivity index (χ3n) is 1.81. The highest BCUT2D eigenvalue weighted by atomic mass is 14.9. The molecule has 2 heteroatoms. The molecule has 2 rings (SSSR count). The number of hydrogen-bond donors (Lipinski definition) is 1. The van der Waals surface area contributed by atoms with E-state index in [0.29, 0.717) is 0 Å². The van der Waals surface area contributed by atoms with Crippen LogP contribution in [-0.4, -0.2) is 4.57 Å². The van der Waals surface area contributed by atoms with Crippen LogP contribution in [-0.2, 0) is 7.05 Å². The van der Waals surface area contributed by atoms with Crippen LogP contribution in [0.2, 0.25) is 0 Å². The van der Waals surface area contributed by atoms with E-state index in [9.17, 15) is 0 Å². The predicted octanol–water partition coefficient (Wildman–Crippen LogP) is 1.56. The first-order chi connectivity index (χ1) is 5.27. The first kappa shape index (κ1) is 6.28. The zero-order chi connectivity index (χ0) is 7.84. The second kappa shape index (κ2) is 2.02. The van der Waals surface area contributed by atoms with E-state index in [4.69, 9.17) is 5.73 Å². The minimum Gasteiger partial charge on any atom is -0.399 e. The van der Waals surface area contributed by atoms with Crippen LogP contribution in [0.5, 0.6) is 0 Å². The van der Waals surface area contributed by atoms with Crippen LogP contribution in [0.3, 0.4) is 0 Å². The fourth-order valence-electron chi connectivity index (χ4n) is 1.21. The second-order valence-electron chi connectivity index (χ2n) is 2.66. The average Bonchev–Trinajstić information content (AvgIpc) is 2.32. The fraction of sp³-hybridized carbons (Fsp3) is 0.111. The molecule has 1 aromatic carbocycles. The summed E-state index contributed by atoms with van der Waals surface area (Å²) in [5.41, 5.74) is 7.56. The van der Waals surface area contributed by atoms with Crippen LogP contribution in [0.15, 0.2) is 24.4 Å². The van der Waals surface area contributed by atoms with Crippen LogP contribution in [0.4, 0.5) is 5.69 Å². The molecule has 0 fully saturated rings. The summed E-state index contributed by atoms with van der Waals surface area (Å²) in [5, 5.41) is 1.08. The van der Waals surface area contributed by atoms with Gasteiger partial charge in [-0.1, -0.05) is 0 Å². The van der Waals surface area contributed by atoms with Gasteiger partial charge in [0.2, 0.25) is 0 Å². The van der Waals surface area contributed by atoms with Crippen molar-refractivity contribution in [2.45, 2.75) is 0 Å². The largest absolute Gasteiger partial charge is 0.399 e. The van der Waals surface area contributed by atoms with Gasteiger partial charge in [-0.05, 0) is 18.2 Å². The number of rotatable bonds is 0. The van der Waals surface area contributed by atoms with Crippen molar-refractivity contribution in [3.63, 3.8) is 0 Å². The van der Waals surface area contributed by atoms with E-state index in [1.54, 1.807) is 0 Å². The van der Waals surface area contributed by atoms with E-state index in [1.807, 2.05) is 36.0 Å². The van der Waals surface area contributed by atoms with E-state index < -0.39 is 0 Å². The van der Waals surface area contributed by atoms with E-state index in [-0.39, 0.29) is 0 Å². The van der Waals surface area contributed by atoms with Crippen molar-refractivity contribution >= 4 is 16.6 Å². The van der Waals surface area contributed by atoms with Gasteiger partial charge in [-0.2, -0.15) is 0 Å². The minimum atomic E-state index is 0.792. The van der Waals surface area contributed by atoms with E-state index in [2.05, 4.69) is 6.07 Å². The highest BCUT2D eigenvalue weighted by Crippen LogP contribution is 2.16. The standard InChI is InChI=1S/C9H9N2/c1-11-5-4-7-6-8(10)2-3-9(7)11/h2-3,5-6H,10H2,1H3. The Bertz CT molecular complexity index is 387. The van der Waals surface area contributed by atoms with Crippen molar-refractivity contribution in [3.8, 4) is 0 Å². The van der Waals surface area contributed by atoms with E-state index >= 15 is 0 Å². The van der Waals surface area contributed by atoms with Crippen LogP contribution in [0.25, 0.3) is 10.9 Å². The summed E-state index contributed by atoms with van der Waals surface area (Å²) < 4.78 is 2.02. The molecule has 0 spiro atoms. The summed E-state index contributed by atoms with van der Waals surface area (Å²) in [5.74, 6) is 0. The first-order valence-electron chi connectivity index (χ1n) is 3.49. The summed E-state index contributed by atoms with van der Waals surface area (Å²) in [6, 6.07) is 8.94. The minimum absolute atomic E-state index is 0.792. The molecule has 0 aliphatic carbocycles. The van der Waals surface area contributed by atoms with Crippen LogP contribution in [0.1, 0.15) is 0 Å². The highest BCUT2D eigenvalue weighted by molar-refractivity contribution is 5.82. The van der Waals surface area contributed by atoms with Gasteiger partial charge in [-0.15, -0.1) is 0 Å². The number of aryl methyl sites for hydroxylation is 1. The Labute approximate surface area is 65.2 Å². The maximum atomic E-state index is 5.60. The molecule has 2 aromatic rings. The Morgan fingerprint density at radius 1 is 1.45 bits per heavy atom. The van der Waals surface area contributed by atoms with Gasteiger partial charge in [0.25, 0.3) is 0 Å². The molecule has 0 aliphatic heterocycles. The molecule has 2 N–H and O–H groups in total. The molecule has 0 saturated heterocycles. The number of fused-ring (bicyclic) bond motifs is 1. The Balaban J connectivity index is 2.86. The molecular formula is C9H9N2. The molecule has 1 aromatic heterocycles. The number of nitrogens with zero attached hydrogens (tertiary/aromatic N) is 1. The van der Waals surface area contributed by atoms with Gasteiger partial charge in [0.15, 0.2) is 0 Å². The number of nitrogen functional groups attached to an aromatic ring is 1. The van der Waals surface area contributed by atoms with E-state index in [1.165, 1.54) is 5.52 Å². The van der Waals surface area contributed by atoms with E-state index in [0.717, 1.165) is 11.1 Å². The van der Waals surface area contributed by atoms with Gasteiger partial charge in [-0.25, -0.2) is 0 Å². The number of benzene rings is 1. The number of hydrogen-bond acceptors (Lipinski definition) is 1. The lowest BCUT2D eigenvalue weighted by molar-refractivity contribution is 0.968. The molecule has 55 valence electrons. The lowest BCUT2D eigenvalue weighted by atomic mass is 10.2. The van der Waals surface area contributed by atoms with Crippen molar-refractivity contribution in [2.24, 2.45) is 7.05 Å². The molecule has 0 saturated carbocycles. The summed E-state index contributed by atoms with van der Waals surface area (Å²) in [4.78, 5) is 0. The Kier molecular flexibility index (Phi) is 1.15. The Morgan fingerprint density at radius 2 is 2.27 bits per heavy atom. The van der Waals surface area contributed by atoms with Crippen LogP contribution in [0, 0.1) is 6.07 Å². The molecule has 0 atom stereocenters. The summed E-state index contributed by atoms with van der Waals surface area (Å²) in [6.45, 7) is 0. The molecule has 0 unspecified atom stereocenters. The highest BCUT2D eigenvalue weighted by Gasteiger charge is 1.96. The lowest BCUT2D eigenvalue weighted by Gasteiger charge is -1.95. The van der Waals surface area contributed by atoms with Crippen LogP contribution >= 0.6 is 0 Å². The zero-order valence-electron chi connectivity index (χ0n) is 6.33. The second-order valence-corrected chi connectivity index (χ2v) is 2.66. The third kappa shape index (κ3) is 0.871. The summed E-state index contributed by atoms with van der Waals surface area (Å²) in [7, 11) is 2.00. The molecule has 2 nitrogen and oxygen atoms in total. The van der Waals surface area contributed by atoms with Crippen molar-refractivity contribution in [1.82, 2.24) is 4.57 Å². The Hall–Kier alpha value is -1.44. The monoisotopic (exact) mass is 145 g/mol. The maximum Gasteiger partial charge on any atom is 0.0485 e. The van der Waals surface area contributed by atoms with Gasteiger partial charge in [0.1, 0.15) is 0 Å². The van der Waals surface area contributed by atoms with Crippen molar-refractivity contribution in [1.29, 1.82) is 0 Å². The van der Waals surface area contributed by atoms with Crippen molar-refractivity contribution in [2.75, 3.05) is 5.73 Å². The van der Waals surface area contributed by atoms with Crippen LogP contribution < -0.4 is 5.73 Å². The number of aromatic nitrogens is 1. The summed E-state index contributed by atoms with van der Waals surface area (Å²) >= 11 is 0. The topological polar surface area (TPSA) is 30.9 Å². The quantitative estimate of drug-likeness (QED) is 0.560. The third-order valence-corrected chi connectivity index (χ3v) is 1.81. The number of anilines is 1. The first-order valence-corrected chi connectivity index (χ1v) is 3.49. The van der Waals surface area contributed by atoms with Gasteiger partial charge in [0, 0.05) is 35.9 Å². The molecular weight excluding hydrogens is 136 g/mol. The zero-order valence-corrected chi connectivity index (χ0v) is 6.33. The molecule has 1 heterocycles. The van der Waals surface area contributed by atoms with Gasteiger partial charge in [-0.3, -0.25) is 0 Å². The lowest BCUT2D eigenvalue weighted by Crippen LogP contribution is -1.85. The fourth-order valence-corrected chi connectivity index (χ4v) is 1.21. The van der Waals surface area contributed by atoms with Gasteiger partial charge in [0.05, 0.1) is 0 Å². The van der Waals surface area contributed by atoms with Crippen molar-refractivity contribution < 1.29 is 0 Å². The Morgan fingerprint density at radius 3 is 3.09 bits per heavy atom. The molecule has 0 aliphatic rings. The molecule has 0 bridgehead atoms. The summed E-state index contributed by atoms with van der Waals surface area (Å²) in [6.07, 6.45) is 1.91. The smallest absolute Gasteiger partial charge is 0.0485 e. The maximum absolute atomic E-state index is 5.60. The molecule has 1 radical (unpaired) electrons. The SMILES string of the molecule is Cn1c[c]c2cc(N)ccc21. The van der Waals surface area contributed by atoms with Crippen molar-refractivity contribution in [3.05, 3.63) is 30.5 Å². The molecule has 11 heavy (non-hydrogen) atoms. The predicted molar refractivity (Wildman–Crippen MR) is 46.2 cm³/mol. The molecule has 0 amide bonds. The number of nitrogens with two attached hydrogens (primary N) is 1. The van der Waals surface area contributed by atoms with Gasteiger partial charge >= 0.3 is 0 Å². The average molecular weight is 145 g/mol.